The largest absolute Gasteiger partial charge is 0.455 e. The quantitative estimate of drug-likeness (QED) is 0.842. The summed E-state index contributed by atoms with van der Waals surface area (Å²) in [5.74, 6) is -0.940. The average Bonchev–Trinajstić information content (AvgIpc) is 2.49. The molecule has 0 radical (unpaired) electrons. The highest BCUT2D eigenvalue weighted by atomic mass is 16.5. The Morgan fingerprint density at radius 3 is 2.46 bits per heavy atom. The van der Waals surface area contributed by atoms with Gasteiger partial charge in [0.05, 0.1) is 17.5 Å². The zero-order valence-electron chi connectivity index (χ0n) is 14.3. The highest BCUT2D eigenvalue weighted by Crippen LogP contribution is 2.13. The maximum absolute atomic E-state index is 12.0. The van der Waals surface area contributed by atoms with E-state index in [1.54, 1.807) is 24.3 Å². The standard InChI is InChI=1S/C17H21N3O4/c1-17(2,3)18-14(21)10-24-15(22)9-13-11-7-5-6-8-12(11)16(23)20(4)19-13/h5-8H,9-10H2,1-4H3,(H,18,21). The molecule has 128 valence electrons. The minimum atomic E-state index is -0.574. The first kappa shape index (κ1) is 17.7. The zero-order valence-corrected chi connectivity index (χ0v) is 14.3. The monoisotopic (exact) mass is 331 g/mol. The fourth-order valence-electron chi connectivity index (χ4n) is 2.29. The topological polar surface area (TPSA) is 90.3 Å². The molecule has 2 rings (SSSR count). The van der Waals surface area contributed by atoms with Gasteiger partial charge in [0.1, 0.15) is 0 Å². The minimum absolute atomic E-state index is 0.114. The van der Waals surface area contributed by atoms with Gasteiger partial charge in [0, 0.05) is 18.0 Å². The van der Waals surface area contributed by atoms with Gasteiger partial charge in [-0.05, 0) is 26.8 Å². The first-order valence-electron chi connectivity index (χ1n) is 7.59. The second kappa shape index (κ2) is 6.82. The summed E-state index contributed by atoms with van der Waals surface area (Å²) < 4.78 is 6.19. The molecule has 1 aromatic heterocycles. The van der Waals surface area contributed by atoms with Gasteiger partial charge in [0.25, 0.3) is 11.5 Å². The maximum atomic E-state index is 12.0. The molecule has 1 amide bonds. The number of nitrogens with zero attached hydrogens (tertiary/aromatic N) is 2. The van der Waals surface area contributed by atoms with Crippen LogP contribution in [0.5, 0.6) is 0 Å². The van der Waals surface area contributed by atoms with Crippen LogP contribution in [0.25, 0.3) is 10.8 Å². The van der Waals surface area contributed by atoms with E-state index in [9.17, 15) is 14.4 Å². The molecule has 2 aromatic rings. The summed E-state index contributed by atoms with van der Waals surface area (Å²) in [5.41, 5.74) is -0.180. The first-order chi connectivity index (χ1) is 11.2. The van der Waals surface area contributed by atoms with Crippen LogP contribution in [-0.4, -0.2) is 33.8 Å². The van der Waals surface area contributed by atoms with Crippen molar-refractivity contribution < 1.29 is 14.3 Å². The molecular formula is C17H21N3O4. The van der Waals surface area contributed by atoms with Crippen LogP contribution in [0.1, 0.15) is 26.5 Å². The van der Waals surface area contributed by atoms with Gasteiger partial charge in [0.15, 0.2) is 6.61 Å². The molecule has 7 nitrogen and oxygen atoms in total. The first-order valence-corrected chi connectivity index (χ1v) is 7.59. The number of fused-ring (bicyclic) bond motifs is 1. The van der Waals surface area contributed by atoms with Crippen molar-refractivity contribution in [2.45, 2.75) is 32.7 Å². The Kier molecular flexibility index (Phi) is 5.02. The Morgan fingerprint density at radius 1 is 1.21 bits per heavy atom. The van der Waals surface area contributed by atoms with Crippen LogP contribution >= 0.6 is 0 Å². The number of amides is 1. The van der Waals surface area contributed by atoms with Gasteiger partial charge in [-0.3, -0.25) is 14.4 Å². The van der Waals surface area contributed by atoms with Crippen LogP contribution < -0.4 is 10.9 Å². The maximum Gasteiger partial charge on any atom is 0.312 e. The van der Waals surface area contributed by atoms with Crippen molar-refractivity contribution in [1.82, 2.24) is 15.1 Å². The molecular weight excluding hydrogens is 310 g/mol. The molecule has 0 saturated heterocycles. The highest BCUT2D eigenvalue weighted by Gasteiger charge is 2.17. The number of aryl methyl sites for hydroxylation is 1. The molecule has 0 aliphatic rings. The van der Waals surface area contributed by atoms with E-state index in [-0.39, 0.29) is 30.0 Å². The number of carbonyl (C=O) groups excluding carboxylic acids is 2. The third kappa shape index (κ3) is 4.41. The number of benzene rings is 1. The lowest BCUT2D eigenvalue weighted by atomic mass is 10.1. The SMILES string of the molecule is Cn1nc(CC(=O)OCC(=O)NC(C)(C)C)c2ccccc2c1=O. The van der Waals surface area contributed by atoms with Gasteiger partial charge in [-0.15, -0.1) is 0 Å². The number of rotatable bonds is 4. The minimum Gasteiger partial charge on any atom is -0.455 e. The predicted octanol–water partition coefficient (Wildman–Crippen LogP) is 0.934. The number of ether oxygens (including phenoxy) is 1. The number of aromatic nitrogens is 2. The normalized spacial score (nSPS) is 11.3. The van der Waals surface area contributed by atoms with Crippen molar-refractivity contribution in [3.8, 4) is 0 Å². The lowest BCUT2D eigenvalue weighted by Gasteiger charge is -2.20. The van der Waals surface area contributed by atoms with E-state index in [1.807, 2.05) is 20.8 Å². The lowest BCUT2D eigenvalue weighted by Crippen LogP contribution is -2.42. The fraction of sp³-hybridized carbons (Fsp3) is 0.412. The zero-order chi connectivity index (χ0) is 17.9. The number of nitrogens with one attached hydrogen (secondary N) is 1. The lowest BCUT2D eigenvalue weighted by molar-refractivity contribution is -0.148. The Morgan fingerprint density at radius 2 is 1.83 bits per heavy atom. The van der Waals surface area contributed by atoms with E-state index in [2.05, 4.69) is 10.4 Å². The fourth-order valence-corrected chi connectivity index (χ4v) is 2.29. The van der Waals surface area contributed by atoms with E-state index < -0.39 is 5.97 Å². The summed E-state index contributed by atoms with van der Waals surface area (Å²) in [6, 6.07) is 6.95. The van der Waals surface area contributed by atoms with Crippen molar-refractivity contribution in [1.29, 1.82) is 0 Å². The molecule has 0 unspecified atom stereocenters. The summed E-state index contributed by atoms with van der Waals surface area (Å²) >= 11 is 0. The Hall–Kier alpha value is -2.70. The van der Waals surface area contributed by atoms with Gasteiger partial charge in [0.2, 0.25) is 0 Å². The van der Waals surface area contributed by atoms with Crippen LogP contribution in [0.2, 0.25) is 0 Å². The summed E-state index contributed by atoms with van der Waals surface area (Å²) in [6.07, 6.45) is -0.114. The molecule has 7 heteroatoms. The van der Waals surface area contributed by atoms with Crippen LogP contribution in [0, 0.1) is 0 Å². The van der Waals surface area contributed by atoms with Crippen LogP contribution in [0.15, 0.2) is 29.1 Å². The third-order valence-electron chi connectivity index (χ3n) is 3.22. The molecule has 0 fully saturated rings. The molecule has 1 heterocycles. The van der Waals surface area contributed by atoms with E-state index in [1.165, 1.54) is 11.7 Å². The number of esters is 1. The molecule has 1 aromatic carbocycles. The van der Waals surface area contributed by atoms with Crippen LogP contribution in [-0.2, 0) is 27.8 Å². The average molecular weight is 331 g/mol. The number of hydrogen-bond acceptors (Lipinski definition) is 5. The third-order valence-corrected chi connectivity index (χ3v) is 3.22. The van der Waals surface area contributed by atoms with Crippen molar-refractivity contribution in [3.63, 3.8) is 0 Å². The summed E-state index contributed by atoms with van der Waals surface area (Å²) in [7, 11) is 1.53. The number of carbonyl (C=O) groups is 2. The second-order valence-corrected chi connectivity index (χ2v) is 6.56. The van der Waals surface area contributed by atoms with Crippen molar-refractivity contribution in [2.75, 3.05) is 6.61 Å². The summed E-state index contributed by atoms with van der Waals surface area (Å²) in [5, 5.41) is 7.93. The molecule has 0 saturated carbocycles. The summed E-state index contributed by atoms with van der Waals surface area (Å²) in [6.45, 7) is 5.17. The van der Waals surface area contributed by atoms with Gasteiger partial charge >= 0.3 is 5.97 Å². The molecule has 0 atom stereocenters. The molecule has 0 spiro atoms. The van der Waals surface area contributed by atoms with Crippen molar-refractivity contribution in [3.05, 3.63) is 40.3 Å². The van der Waals surface area contributed by atoms with E-state index in [0.717, 1.165) is 0 Å². The highest BCUT2D eigenvalue weighted by molar-refractivity contribution is 5.87. The number of hydrogen-bond donors (Lipinski definition) is 1. The van der Waals surface area contributed by atoms with Crippen molar-refractivity contribution >= 4 is 22.6 Å². The summed E-state index contributed by atoms with van der Waals surface area (Å²) in [4.78, 5) is 35.7. The van der Waals surface area contributed by atoms with Gasteiger partial charge in [-0.2, -0.15) is 5.10 Å². The Labute approximate surface area is 139 Å². The van der Waals surface area contributed by atoms with Gasteiger partial charge in [-0.25, -0.2) is 4.68 Å². The smallest absolute Gasteiger partial charge is 0.312 e. The second-order valence-electron chi connectivity index (χ2n) is 6.56. The molecule has 1 N–H and O–H groups in total. The Balaban J connectivity index is 2.10. The molecule has 24 heavy (non-hydrogen) atoms. The molecule has 0 aliphatic heterocycles. The molecule has 0 bridgehead atoms. The van der Waals surface area contributed by atoms with E-state index in [4.69, 9.17) is 4.74 Å². The van der Waals surface area contributed by atoms with E-state index >= 15 is 0 Å². The van der Waals surface area contributed by atoms with Gasteiger partial charge < -0.3 is 10.1 Å². The molecule has 0 aliphatic carbocycles. The van der Waals surface area contributed by atoms with Crippen molar-refractivity contribution in [2.24, 2.45) is 7.05 Å². The Bertz CT molecular complexity index is 834. The van der Waals surface area contributed by atoms with Crippen LogP contribution in [0.3, 0.4) is 0 Å². The van der Waals surface area contributed by atoms with Crippen LogP contribution in [0.4, 0.5) is 0 Å². The van der Waals surface area contributed by atoms with E-state index in [0.29, 0.717) is 16.5 Å². The van der Waals surface area contributed by atoms with Gasteiger partial charge in [-0.1, -0.05) is 18.2 Å². The predicted molar refractivity (Wildman–Crippen MR) is 89.5 cm³/mol.